The number of hydrogen-bond donors (Lipinski definition) is 1. The predicted molar refractivity (Wildman–Crippen MR) is 103 cm³/mol. The number of likely N-dealkylation sites (tertiary alicyclic amines) is 1. The molecule has 8 heteroatoms. The van der Waals surface area contributed by atoms with Crippen molar-refractivity contribution in [2.45, 2.75) is 45.7 Å². The van der Waals surface area contributed by atoms with E-state index in [1.807, 2.05) is 24.3 Å². The molecule has 144 valence electrons. The molecule has 2 heterocycles. The van der Waals surface area contributed by atoms with Gasteiger partial charge in [0.15, 0.2) is 0 Å². The molecular weight excluding hydrogens is 346 g/mol. The van der Waals surface area contributed by atoms with Gasteiger partial charge in [0, 0.05) is 12.2 Å². The molecule has 8 nitrogen and oxygen atoms in total. The fraction of sp³-hybridized carbons (Fsp3) is 0.474. The van der Waals surface area contributed by atoms with Crippen LogP contribution in [-0.4, -0.2) is 38.6 Å². The van der Waals surface area contributed by atoms with E-state index < -0.39 is 11.0 Å². The van der Waals surface area contributed by atoms with Crippen LogP contribution in [0, 0.1) is 17.0 Å². The number of amides is 1. The first-order chi connectivity index (χ1) is 12.9. The molecule has 1 unspecified atom stereocenters. The lowest BCUT2D eigenvalue weighted by molar-refractivity contribution is -0.389. The maximum Gasteiger partial charge on any atom is 0.390 e. The number of nitro groups is 1. The van der Waals surface area contributed by atoms with E-state index in [1.54, 1.807) is 13.8 Å². The van der Waals surface area contributed by atoms with E-state index in [1.165, 1.54) is 35.6 Å². The largest absolute Gasteiger partial charge is 0.390 e. The van der Waals surface area contributed by atoms with Crippen molar-refractivity contribution in [2.75, 3.05) is 18.4 Å². The van der Waals surface area contributed by atoms with Crippen molar-refractivity contribution in [3.63, 3.8) is 0 Å². The molecular formula is C19H25N5O3. The summed E-state index contributed by atoms with van der Waals surface area (Å²) in [6, 6.07) is 8.55. The van der Waals surface area contributed by atoms with Crippen molar-refractivity contribution in [3.8, 4) is 0 Å². The van der Waals surface area contributed by atoms with E-state index in [-0.39, 0.29) is 11.7 Å². The molecule has 1 saturated heterocycles. The fourth-order valence-electron chi connectivity index (χ4n) is 3.38. The van der Waals surface area contributed by atoms with Crippen LogP contribution in [0.25, 0.3) is 0 Å². The van der Waals surface area contributed by atoms with Crippen molar-refractivity contribution in [1.29, 1.82) is 0 Å². The number of rotatable bonds is 6. The molecule has 2 aromatic rings. The molecule has 1 aliphatic rings. The Bertz CT molecular complexity index is 809. The van der Waals surface area contributed by atoms with Crippen molar-refractivity contribution in [1.82, 2.24) is 14.7 Å². The summed E-state index contributed by atoms with van der Waals surface area (Å²) in [5.74, 6) is -0.519. The molecule has 1 aliphatic heterocycles. The first-order valence-corrected chi connectivity index (χ1v) is 9.27. The Morgan fingerprint density at radius 3 is 2.52 bits per heavy atom. The molecule has 1 aromatic heterocycles. The zero-order chi connectivity index (χ0) is 19.4. The summed E-state index contributed by atoms with van der Waals surface area (Å²) in [5, 5.41) is 17.6. The Morgan fingerprint density at radius 2 is 1.93 bits per heavy atom. The second-order valence-corrected chi connectivity index (χ2v) is 7.04. The molecule has 0 bridgehead atoms. The molecule has 3 rings (SSSR count). The number of nitrogens with one attached hydrogen (secondary N) is 1. The summed E-state index contributed by atoms with van der Waals surface area (Å²) in [4.78, 5) is 25.2. The van der Waals surface area contributed by atoms with Gasteiger partial charge in [-0.3, -0.25) is 9.69 Å². The van der Waals surface area contributed by atoms with E-state index in [4.69, 9.17) is 0 Å². The number of piperidine rings is 1. The molecule has 0 spiro atoms. The van der Waals surface area contributed by atoms with E-state index >= 15 is 0 Å². The summed E-state index contributed by atoms with van der Waals surface area (Å²) >= 11 is 0. The summed E-state index contributed by atoms with van der Waals surface area (Å²) in [6.07, 6.45) is 3.84. The van der Waals surface area contributed by atoms with Gasteiger partial charge in [-0.1, -0.05) is 18.6 Å². The number of carbonyl (C=O) groups is 1. The third-order valence-corrected chi connectivity index (χ3v) is 4.92. The molecule has 0 radical (unpaired) electrons. The van der Waals surface area contributed by atoms with E-state index in [9.17, 15) is 14.9 Å². The van der Waals surface area contributed by atoms with Crippen LogP contribution in [0.5, 0.6) is 0 Å². The van der Waals surface area contributed by atoms with Gasteiger partial charge in [0.25, 0.3) is 5.91 Å². The molecule has 0 aliphatic carbocycles. The van der Waals surface area contributed by atoms with Crippen molar-refractivity contribution >= 4 is 17.4 Å². The highest BCUT2D eigenvalue weighted by Crippen LogP contribution is 2.19. The number of nitrogens with zero attached hydrogens (tertiary/aromatic N) is 4. The van der Waals surface area contributed by atoms with Crippen LogP contribution in [0.4, 0.5) is 11.5 Å². The van der Waals surface area contributed by atoms with E-state index in [0.29, 0.717) is 11.4 Å². The highest BCUT2D eigenvalue weighted by molar-refractivity contribution is 5.93. The van der Waals surface area contributed by atoms with Gasteiger partial charge in [-0.15, -0.1) is 0 Å². The number of anilines is 1. The standard InChI is InChI=1S/C19H25N5O3/c1-14-12-18(24(26)27)21-23(14)15(2)19(25)20-17-8-6-16(7-9-17)13-22-10-4-3-5-11-22/h6-9,12,15H,3-5,10-11,13H2,1-2H3,(H,20,25). The minimum Gasteiger partial charge on any atom is -0.358 e. The Hall–Kier alpha value is -2.74. The van der Waals surface area contributed by atoms with Gasteiger partial charge in [-0.05, 0) is 62.4 Å². The van der Waals surface area contributed by atoms with Gasteiger partial charge >= 0.3 is 5.82 Å². The lowest BCUT2D eigenvalue weighted by Crippen LogP contribution is -2.29. The maximum atomic E-state index is 12.5. The average Bonchev–Trinajstić information content (AvgIpc) is 3.05. The van der Waals surface area contributed by atoms with E-state index in [2.05, 4.69) is 15.3 Å². The van der Waals surface area contributed by atoms with Crippen molar-refractivity contribution in [3.05, 3.63) is 51.7 Å². The van der Waals surface area contributed by atoms with Crippen LogP contribution in [0.2, 0.25) is 0 Å². The Morgan fingerprint density at radius 1 is 1.26 bits per heavy atom. The highest BCUT2D eigenvalue weighted by atomic mass is 16.6. The summed E-state index contributed by atoms with van der Waals surface area (Å²) in [7, 11) is 0. The minimum atomic E-state index is -0.647. The van der Waals surface area contributed by atoms with Crippen LogP contribution in [0.1, 0.15) is 43.5 Å². The van der Waals surface area contributed by atoms with Crippen LogP contribution in [0.3, 0.4) is 0 Å². The molecule has 1 fully saturated rings. The van der Waals surface area contributed by atoms with Crippen LogP contribution < -0.4 is 5.32 Å². The Kier molecular flexibility index (Phi) is 5.85. The lowest BCUT2D eigenvalue weighted by Gasteiger charge is -2.26. The average molecular weight is 371 g/mol. The van der Waals surface area contributed by atoms with Crippen LogP contribution in [0.15, 0.2) is 30.3 Å². The SMILES string of the molecule is Cc1cc([N+](=O)[O-])nn1C(C)C(=O)Nc1ccc(CN2CCCCC2)cc1. The Balaban J connectivity index is 1.60. The quantitative estimate of drug-likeness (QED) is 0.621. The van der Waals surface area contributed by atoms with Crippen LogP contribution in [-0.2, 0) is 11.3 Å². The first-order valence-electron chi connectivity index (χ1n) is 9.27. The zero-order valence-corrected chi connectivity index (χ0v) is 15.7. The number of aryl methyl sites for hydroxylation is 1. The Labute approximate surface area is 158 Å². The molecule has 1 atom stereocenters. The molecule has 1 amide bonds. The van der Waals surface area contributed by atoms with Gasteiger partial charge in [0.05, 0.1) is 16.9 Å². The monoisotopic (exact) mass is 371 g/mol. The predicted octanol–water partition coefficient (Wildman–Crippen LogP) is 3.29. The summed E-state index contributed by atoms with van der Waals surface area (Å²) < 4.78 is 1.37. The minimum absolute atomic E-state index is 0.255. The van der Waals surface area contributed by atoms with Gasteiger partial charge in [-0.2, -0.15) is 4.68 Å². The highest BCUT2D eigenvalue weighted by Gasteiger charge is 2.24. The second-order valence-electron chi connectivity index (χ2n) is 7.04. The van der Waals surface area contributed by atoms with Crippen LogP contribution >= 0.6 is 0 Å². The number of benzene rings is 1. The number of aromatic nitrogens is 2. The van der Waals surface area contributed by atoms with Gasteiger partial charge < -0.3 is 15.4 Å². The fourth-order valence-corrected chi connectivity index (χ4v) is 3.38. The van der Waals surface area contributed by atoms with Gasteiger partial charge in [0.1, 0.15) is 6.04 Å². The normalized spacial score (nSPS) is 16.1. The molecule has 1 aromatic carbocycles. The third-order valence-electron chi connectivity index (χ3n) is 4.92. The second kappa shape index (κ2) is 8.30. The maximum absolute atomic E-state index is 12.5. The number of hydrogen-bond acceptors (Lipinski definition) is 5. The number of carbonyl (C=O) groups excluding carboxylic acids is 1. The van der Waals surface area contributed by atoms with Crippen molar-refractivity contribution < 1.29 is 9.72 Å². The van der Waals surface area contributed by atoms with E-state index in [0.717, 1.165) is 19.6 Å². The van der Waals surface area contributed by atoms with Gasteiger partial charge in [0.2, 0.25) is 0 Å². The smallest absolute Gasteiger partial charge is 0.358 e. The molecule has 0 saturated carbocycles. The summed E-state index contributed by atoms with van der Waals surface area (Å²) in [5.41, 5.74) is 2.50. The molecule has 27 heavy (non-hydrogen) atoms. The zero-order valence-electron chi connectivity index (χ0n) is 15.7. The topological polar surface area (TPSA) is 93.3 Å². The first kappa shape index (κ1) is 19.0. The molecule has 1 N–H and O–H groups in total. The summed E-state index contributed by atoms with van der Waals surface area (Å²) in [6.45, 7) is 6.58. The third kappa shape index (κ3) is 4.71. The van der Waals surface area contributed by atoms with Gasteiger partial charge in [-0.25, -0.2) is 0 Å². The van der Waals surface area contributed by atoms with Crippen molar-refractivity contribution in [2.24, 2.45) is 0 Å². The lowest BCUT2D eigenvalue weighted by atomic mass is 10.1.